The van der Waals surface area contributed by atoms with Gasteiger partial charge in [0.2, 0.25) is 0 Å². The van der Waals surface area contributed by atoms with Gasteiger partial charge in [0.15, 0.2) is 0 Å². The molecule has 0 saturated heterocycles. The van der Waals surface area contributed by atoms with Crippen LogP contribution in [0.5, 0.6) is 0 Å². The number of benzene rings is 1. The molecule has 1 rings (SSSR count). The molecule has 0 radical (unpaired) electrons. The van der Waals surface area contributed by atoms with E-state index in [1.54, 1.807) is 7.11 Å². The van der Waals surface area contributed by atoms with Crippen molar-refractivity contribution in [2.45, 2.75) is 26.1 Å². The van der Waals surface area contributed by atoms with Crippen molar-refractivity contribution in [1.29, 1.82) is 0 Å². The molecule has 0 aliphatic carbocycles. The third-order valence-electron chi connectivity index (χ3n) is 2.42. The molecule has 0 unspecified atom stereocenters. The lowest BCUT2D eigenvalue weighted by Crippen LogP contribution is -2.39. The number of alkyl carbamates (subject to hydrolysis) is 1. The maximum Gasteiger partial charge on any atom is 0.407 e. The minimum absolute atomic E-state index is 0.278. The van der Waals surface area contributed by atoms with E-state index < -0.39 is 6.09 Å². The molecule has 0 atom stereocenters. The Morgan fingerprint density at radius 2 is 1.94 bits per heavy atom. The summed E-state index contributed by atoms with van der Waals surface area (Å²) in [5.74, 6) is 0. The SMILES string of the molecule is COC(C)(C)CNC(=O)OCc1ccccc1. The number of hydrogen-bond donors (Lipinski definition) is 1. The first kappa shape index (κ1) is 13.5. The minimum Gasteiger partial charge on any atom is -0.445 e. The maximum absolute atomic E-state index is 11.4. The van der Waals surface area contributed by atoms with E-state index in [0.29, 0.717) is 6.54 Å². The van der Waals surface area contributed by atoms with E-state index in [1.807, 2.05) is 44.2 Å². The number of carbonyl (C=O) groups is 1. The van der Waals surface area contributed by atoms with Crippen LogP contribution in [0.15, 0.2) is 30.3 Å². The van der Waals surface area contributed by atoms with Gasteiger partial charge < -0.3 is 14.8 Å². The first-order valence-corrected chi connectivity index (χ1v) is 5.53. The molecule has 0 bridgehead atoms. The van der Waals surface area contributed by atoms with E-state index in [0.717, 1.165) is 5.56 Å². The fraction of sp³-hybridized carbons (Fsp3) is 0.462. The molecule has 0 heterocycles. The van der Waals surface area contributed by atoms with Crippen LogP contribution in [0.3, 0.4) is 0 Å². The smallest absolute Gasteiger partial charge is 0.407 e. The Morgan fingerprint density at radius 1 is 1.29 bits per heavy atom. The van der Waals surface area contributed by atoms with Gasteiger partial charge in [-0.15, -0.1) is 0 Å². The van der Waals surface area contributed by atoms with Gasteiger partial charge in [0.1, 0.15) is 6.61 Å². The van der Waals surface area contributed by atoms with Crippen LogP contribution < -0.4 is 5.32 Å². The summed E-state index contributed by atoms with van der Waals surface area (Å²) in [5.41, 5.74) is 0.583. The van der Waals surface area contributed by atoms with E-state index in [2.05, 4.69) is 5.32 Å². The summed E-state index contributed by atoms with van der Waals surface area (Å²) in [6, 6.07) is 9.55. The number of hydrogen-bond acceptors (Lipinski definition) is 3. The van der Waals surface area contributed by atoms with Crippen LogP contribution in [0.1, 0.15) is 19.4 Å². The molecule has 1 aromatic rings. The zero-order valence-corrected chi connectivity index (χ0v) is 10.5. The molecule has 4 heteroatoms. The second kappa shape index (κ2) is 6.25. The molecule has 0 saturated carbocycles. The van der Waals surface area contributed by atoms with E-state index in [1.165, 1.54) is 0 Å². The van der Waals surface area contributed by atoms with Gasteiger partial charge in [-0.1, -0.05) is 30.3 Å². The van der Waals surface area contributed by atoms with Gasteiger partial charge in [0, 0.05) is 13.7 Å². The summed E-state index contributed by atoms with van der Waals surface area (Å²) in [6.45, 7) is 4.48. The summed E-state index contributed by atoms with van der Waals surface area (Å²) < 4.78 is 10.2. The standard InChI is InChI=1S/C13H19NO3/c1-13(2,16-3)10-14-12(15)17-9-11-7-5-4-6-8-11/h4-8H,9-10H2,1-3H3,(H,14,15). The largest absolute Gasteiger partial charge is 0.445 e. The molecular formula is C13H19NO3. The van der Waals surface area contributed by atoms with Gasteiger partial charge in [-0.05, 0) is 19.4 Å². The molecule has 1 aromatic carbocycles. The Hall–Kier alpha value is -1.55. The molecule has 4 nitrogen and oxygen atoms in total. The van der Waals surface area contributed by atoms with Gasteiger partial charge in [-0.2, -0.15) is 0 Å². The van der Waals surface area contributed by atoms with Gasteiger partial charge in [-0.3, -0.25) is 0 Å². The van der Waals surface area contributed by atoms with Crippen molar-refractivity contribution in [1.82, 2.24) is 5.32 Å². The minimum atomic E-state index is -0.432. The normalized spacial score (nSPS) is 11.0. The van der Waals surface area contributed by atoms with Crippen LogP contribution in [0.4, 0.5) is 4.79 Å². The highest BCUT2D eigenvalue weighted by Crippen LogP contribution is 2.05. The van der Waals surface area contributed by atoms with Crippen molar-refractivity contribution in [3.8, 4) is 0 Å². The number of amides is 1. The molecule has 17 heavy (non-hydrogen) atoms. The molecule has 0 aliphatic heterocycles. The van der Waals surface area contributed by atoms with Crippen molar-refractivity contribution < 1.29 is 14.3 Å². The topological polar surface area (TPSA) is 47.6 Å². The summed E-state index contributed by atoms with van der Waals surface area (Å²) in [6.07, 6.45) is -0.432. The number of carbonyl (C=O) groups excluding carboxylic acids is 1. The average Bonchev–Trinajstić information content (AvgIpc) is 2.35. The van der Waals surface area contributed by atoms with Crippen LogP contribution in [0.25, 0.3) is 0 Å². The van der Waals surface area contributed by atoms with Gasteiger partial charge in [0.25, 0.3) is 0 Å². The summed E-state index contributed by atoms with van der Waals surface area (Å²) >= 11 is 0. The molecular weight excluding hydrogens is 218 g/mol. The van der Waals surface area contributed by atoms with E-state index in [-0.39, 0.29) is 12.2 Å². The third kappa shape index (κ3) is 5.36. The summed E-state index contributed by atoms with van der Waals surface area (Å²) in [5, 5.41) is 2.66. The second-order valence-corrected chi connectivity index (χ2v) is 4.38. The Morgan fingerprint density at radius 3 is 2.53 bits per heavy atom. The number of ether oxygens (including phenoxy) is 2. The first-order chi connectivity index (χ1) is 8.03. The molecule has 1 N–H and O–H groups in total. The molecule has 0 aliphatic rings. The number of methoxy groups -OCH3 is 1. The third-order valence-corrected chi connectivity index (χ3v) is 2.42. The molecule has 0 spiro atoms. The fourth-order valence-electron chi connectivity index (χ4n) is 1.13. The Labute approximate surface area is 102 Å². The van der Waals surface area contributed by atoms with Crippen molar-refractivity contribution >= 4 is 6.09 Å². The highest BCUT2D eigenvalue weighted by atomic mass is 16.5. The number of rotatable bonds is 5. The lowest BCUT2D eigenvalue weighted by molar-refractivity contribution is 0.0220. The molecule has 0 fully saturated rings. The lowest BCUT2D eigenvalue weighted by Gasteiger charge is -2.22. The second-order valence-electron chi connectivity index (χ2n) is 4.38. The predicted molar refractivity (Wildman–Crippen MR) is 65.7 cm³/mol. The average molecular weight is 237 g/mol. The number of nitrogens with one attached hydrogen (secondary N) is 1. The highest BCUT2D eigenvalue weighted by Gasteiger charge is 2.17. The monoisotopic (exact) mass is 237 g/mol. The van der Waals surface area contributed by atoms with Crippen molar-refractivity contribution in [3.05, 3.63) is 35.9 Å². The Balaban J connectivity index is 2.27. The van der Waals surface area contributed by atoms with Crippen molar-refractivity contribution in [3.63, 3.8) is 0 Å². The van der Waals surface area contributed by atoms with Gasteiger partial charge in [0.05, 0.1) is 5.60 Å². The van der Waals surface area contributed by atoms with Crippen LogP contribution in [0.2, 0.25) is 0 Å². The van der Waals surface area contributed by atoms with Crippen LogP contribution in [-0.2, 0) is 16.1 Å². The fourth-order valence-corrected chi connectivity index (χ4v) is 1.13. The summed E-state index contributed by atoms with van der Waals surface area (Å²) in [4.78, 5) is 11.4. The lowest BCUT2D eigenvalue weighted by atomic mass is 10.1. The predicted octanol–water partition coefficient (Wildman–Crippen LogP) is 2.34. The van der Waals surface area contributed by atoms with Crippen LogP contribution in [-0.4, -0.2) is 25.3 Å². The van der Waals surface area contributed by atoms with Crippen molar-refractivity contribution in [2.24, 2.45) is 0 Å². The van der Waals surface area contributed by atoms with Gasteiger partial charge in [-0.25, -0.2) is 4.79 Å². The van der Waals surface area contributed by atoms with Gasteiger partial charge >= 0.3 is 6.09 Å². The van der Waals surface area contributed by atoms with Crippen molar-refractivity contribution in [2.75, 3.05) is 13.7 Å². The van der Waals surface area contributed by atoms with E-state index >= 15 is 0 Å². The van der Waals surface area contributed by atoms with E-state index in [4.69, 9.17) is 9.47 Å². The van der Waals surface area contributed by atoms with Crippen LogP contribution in [0, 0.1) is 0 Å². The van der Waals surface area contributed by atoms with Crippen LogP contribution >= 0.6 is 0 Å². The summed E-state index contributed by atoms with van der Waals surface area (Å²) in [7, 11) is 1.61. The molecule has 0 aromatic heterocycles. The zero-order chi connectivity index (χ0) is 12.7. The quantitative estimate of drug-likeness (QED) is 0.855. The highest BCUT2D eigenvalue weighted by molar-refractivity contribution is 5.67. The zero-order valence-electron chi connectivity index (χ0n) is 10.5. The first-order valence-electron chi connectivity index (χ1n) is 5.53. The Kier molecular flexibility index (Phi) is 4.97. The molecule has 1 amide bonds. The Bertz CT molecular complexity index is 349. The molecule has 94 valence electrons. The van der Waals surface area contributed by atoms with E-state index in [9.17, 15) is 4.79 Å². The maximum atomic E-state index is 11.4.